The van der Waals surface area contributed by atoms with Crippen LogP contribution in [-0.4, -0.2) is 0 Å². The number of benzene rings is 2. The van der Waals surface area contributed by atoms with E-state index in [9.17, 15) is 4.39 Å². The van der Waals surface area contributed by atoms with Gasteiger partial charge in [0.05, 0.1) is 11.6 Å². The van der Waals surface area contributed by atoms with Gasteiger partial charge in [-0.25, -0.2) is 4.39 Å². The Bertz CT molecular complexity index is 632. The van der Waals surface area contributed by atoms with Gasteiger partial charge in [-0.1, -0.05) is 18.2 Å². The van der Waals surface area contributed by atoms with Crippen molar-refractivity contribution in [2.24, 2.45) is 5.73 Å². The summed E-state index contributed by atoms with van der Waals surface area (Å²) in [6.07, 6.45) is 0. The summed E-state index contributed by atoms with van der Waals surface area (Å²) in [6, 6.07) is 13.0. The van der Waals surface area contributed by atoms with E-state index >= 15 is 0 Å². The van der Waals surface area contributed by atoms with Gasteiger partial charge in [-0.2, -0.15) is 5.26 Å². The molecule has 1 atom stereocenters. The summed E-state index contributed by atoms with van der Waals surface area (Å²) >= 11 is 0. The van der Waals surface area contributed by atoms with Gasteiger partial charge in [0.15, 0.2) is 11.6 Å². The number of hydrogen-bond acceptors (Lipinski definition) is 3. The molecule has 0 saturated carbocycles. The molecule has 3 nitrogen and oxygen atoms in total. The standard InChI is InChI=1S/C15H13FN2O/c1-10(18)12-4-2-3-5-14(12)19-15-7-6-11(9-17)8-13(15)16/h2-8,10H,18H2,1H3. The van der Waals surface area contributed by atoms with Gasteiger partial charge in [-0.05, 0) is 31.2 Å². The number of nitrogens with two attached hydrogens (primary N) is 1. The molecule has 2 rings (SSSR count). The first-order valence-corrected chi connectivity index (χ1v) is 5.84. The Balaban J connectivity index is 2.34. The minimum absolute atomic E-state index is 0.0760. The second-order valence-corrected chi connectivity index (χ2v) is 4.19. The van der Waals surface area contributed by atoms with Crippen LogP contribution in [0, 0.1) is 17.1 Å². The van der Waals surface area contributed by atoms with Crippen molar-refractivity contribution in [2.75, 3.05) is 0 Å². The quantitative estimate of drug-likeness (QED) is 0.914. The highest BCUT2D eigenvalue weighted by Gasteiger charge is 2.11. The van der Waals surface area contributed by atoms with Gasteiger partial charge in [0, 0.05) is 11.6 Å². The Kier molecular flexibility index (Phi) is 3.79. The van der Waals surface area contributed by atoms with Gasteiger partial charge in [0.1, 0.15) is 5.75 Å². The first kappa shape index (κ1) is 13.1. The average molecular weight is 256 g/mol. The highest BCUT2D eigenvalue weighted by atomic mass is 19.1. The van der Waals surface area contributed by atoms with E-state index in [0.29, 0.717) is 5.75 Å². The van der Waals surface area contributed by atoms with Crippen molar-refractivity contribution in [2.45, 2.75) is 13.0 Å². The summed E-state index contributed by atoms with van der Waals surface area (Å²) in [7, 11) is 0. The number of halogens is 1. The molecule has 0 radical (unpaired) electrons. The molecule has 2 N–H and O–H groups in total. The lowest BCUT2D eigenvalue weighted by Gasteiger charge is -2.13. The second kappa shape index (κ2) is 5.51. The molecule has 0 saturated heterocycles. The van der Waals surface area contributed by atoms with Crippen LogP contribution in [0.1, 0.15) is 24.1 Å². The minimum atomic E-state index is -0.571. The van der Waals surface area contributed by atoms with Crippen molar-refractivity contribution in [1.82, 2.24) is 0 Å². The van der Waals surface area contributed by atoms with Crippen LogP contribution in [0.15, 0.2) is 42.5 Å². The van der Waals surface area contributed by atoms with E-state index in [4.69, 9.17) is 15.7 Å². The van der Waals surface area contributed by atoms with Gasteiger partial charge in [0.2, 0.25) is 0 Å². The predicted molar refractivity (Wildman–Crippen MR) is 70.2 cm³/mol. The number of nitrogens with zero attached hydrogens (tertiary/aromatic N) is 1. The Morgan fingerprint density at radius 3 is 2.58 bits per heavy atom. The van der Waals surface area contributed by atoms with E-state index in [1.54, 1.807) is 12.1 Å². The maximum Gasteiger partial charge on any atom is 0.167 e. The molecule has 0 spiro atoms. The summed E-state index contributed by atoms with van der Waals surface area (Å²) in [6.45, 7) is 1.83. The Morgan fingerprint density at radius 1 is 1.21 bits per heavy atom. The lowest BCUT2D eigenvalue weighted by molar-refractivity contribution is 0.435. The zero-order valence-corrected chi connectivity index (χ0v) is 10.4. The Morgan fingerprint density at radius 2 is 1.95 bits per heavy atom. The van der Waals surface area contributed by atoms with Gasteiger partial charge in [0.25, 0.3) is 0 Å². The van der Waals surface area contributed by atoms with Crippen LogP contribution >= 0.6 is 0 Å². The highest BCUT2D eigenvalue weighted by Crippen LogP contribution is 2.30. The molecular weight excluding hydrogens is 243 g/mol. The van der Waals surface area contributed by atoms with E-state index in [0.717, 1.165) is 11.6 Å². The van der Waals surface area contributed by atoms with Gasteiger partial charge in [-0.15, -0.1) is 0 Å². The summed E-state index contributed by atoms with van der Waals surface area (Å²) in [4.78, 5) is 0. The zero-order valence-electron chi connectivity index (χ0n) is 10.4. The van der Waals surface area contributed by atoms with Crippen LogP contribution in [0.5, 0.6) is 11.5 Å². The lowest BCUT2D eigenvalue weighted by Crippen LogP contribution is -2.06. The number of nitriles is 1. The SMILES string of the molecule is CC(N)c1ccccc1Oc1ccc(C#N)cc1F. The number of ether oxygens (including phenoxy) is 1. The molecule has 0 aliphatic rings. The smallest absolute Gasteiger partial charge is 0.167 e. The predicted octanol–water partition coefficient (Wildman–Crippen LogP) is 3.51. The van der Waals surface area contributed by atoms with E-state index in [1.807, 2.05) is 25.1 Å². The van der Waals surface area contributed by atoms with Crippen LogP contribution in [0.2, 0.25) is 0 Å². The largest absolute Gasteiger partial charge is 0.454 e. The molecule has 0 aliphatic carbocycles. The fraction of sp³-hybridized carbons (Fsp3) is 0.133. The maximum absolute atomic E-state index is 13.7. The molecule has 0 fully saturated rings. The third-order valence-corrected chi connectivity index (χ3v) is 2.69. The third-order valence-electron chi connectivity index (χ3n) is 2.69. The van der Waals surface area contributed by atoms with Crippen molar-refractivity contribution in [3.05, 3.63) is 59.4 Å². The van der Waals surface area contributed by atoms with Crippen LogP contribution in [0.4, 0.5) is 4.39 Å². The zero-order chi connectivity index (χ0) is 13.8. The van der Waals surface area contributed by atoms with Gasteiger partial charge >= 0.3 is 0 Å². The molecule has 1 unspecified atom stereocenters. The van der Waals surface area contributed by atoms with Crippen molar-refractivity contribution < 1.29 is 9.13 Å². The minimum Gasteiger partial charge on any atom is -0.454 e. The summed E-state index contributed by atoms with van der Waals surface area (Å²) in [5, 5.41) is 8.69. The molecule has 96 valence electrons. The van der Waals surface area contributed by atoms with Crippen LogP contribution in [0.25, 0.3) is 0 Å². The summed E-state index contributed by atoms with van der Waals surface area (Å²) in [5.41, 5.74) is 6.89. The second-order valence-electron chi connectivity index (χ2n) is 4.19. The highest BCUT2D eigenvalue weighted by molar-refractivity contribution is 5.42. The molecule has 19 heavy (non-hydrogen) atoms. The van der Waals surface area contributed by atoms with E-state index in [1.165, 1.54) is 12.1 Å². The van der Waals surface area contributed by atoms with E-state index < -0.39 is 5.82 Å². The molecule has 4 heteroatoms. The molecule has 0 aliphatic heterocycles. The first-order chi connectivity index (χ1) is 9.11. The summed E-state index contributed by atoms with van der Waals surface area (Å²) in [5.74, 6) is 0.0201. The molecule has 2 aromatic carbocycles. The average Bonchev–Trinajstić information content (AvgIpc) is 2.41. The van der Waals surface area contributed by atoms with Gasteiger partial charge < -0.3 is 10.5 Å². The maximum atomic E-state index is 13.7. The van der Waals surface area contributed by atoms with Crippen molar-refractivity contribution in [3.63, 3.8) is 0 Å². The van der Waals surface area contributed by atoms with E-state index in [-0.39, 0.29) is 17.4 Å². The molecule has 0 bridgehead atoms. The monoisotopic (exact) mass is 256 g/mol. The summed E-state index contributed by atoms with van der Waals surface area (Å²) < 4.78 is 19.3. The molecule has 0 amide bonds. The van der Waals surface area contributed by atoms with Crippen molar-refractivity contribution >= 4 is 0 Å². The fourth-order valence-corrected chi connectivity index (χ4v) is 1.72. The van der Waals surface area contributed by atoms with Crippen LogP contribution in [-0.2, 0) is 0 Å². The Labute approximate surface area is 111 Å². The molecule has 0 aromatic heterocycles. The van der Waals surface area contributed by atoms with Gasteiger partial charge in [-0.3, -0.25) is 0 Å². The van der Waals surface area contributed by atoms with Crippen molar-refractivity contribution in [3.8, 4) is 17.6 Å². The lowest BCUT2D eigenvalue weighted by atomic mass is 10.1. The third kappa shape index (κ3) is 2.90. The molecule has 2 aromatic rings. The molecular formula is C15H13FN2O. The normalized spacial score (nSPS) is 11.7. The molecule has 0 heterocycles. The fourth-order valence-electron chi connectivity index (χ4n) is 1.72. The first-order valence-electron chi connectivity index (χ1n) is 5.84. The van der Waals surface area contributed by atoms with Crippen LogP contribution < -0.4 is 10.5 Å². The van der Waals surface area contributed by atoms with Crippen LogP contribution in [0.3, 0.4) is 0 Å². The topological polar surface area (TPSA) is 59.0 Å². The Hall–Kier alpha value is -2.38. The number of hydrogen-bond donors (Lipinski definition) is 1. The number of rotatable bonds is 3. The van der Waals surface area contributed by atoms with E-state index in [2.05, 4.69) is 0 Å². The van der Waals surface area contributed by atoms with Crippen molar-refractivity contribution in [1.29, 1.82) is 5.26 Å². The number of para-hydroxylation sites is 1.